The monoisotopic (exact) mass is 233 g/mol. The van der Waals surface area contributed by atoms with Crippen LogP contribution in [0.1, 0.15) is 17.3 Å². The van der Waals surface area contributed by atoms with Gasteiger partial charge in [0.2, 0.25) is 0 Å². The van der Waals surface area contributed by atoms with E-state index in [-0.39, 0.29) is 18.6 Å². The van der Waals surface area contributed by atoms with E-state index >= 15 is 0 Å². The molecule has 0 aromatic heterocycles. The van der Waals surface area contributed by atoms with Crippen molar-refractivity contribution < 1.29 is 14.7 Å². The van der Waals surface area contributed by atoms with Crippen LogP contribution in [0.15, 0.2) is 42.5 Å². The Balaban J connectivity index is 2.21. The molecule has 2 atom stereocenters. The maximum atomic E-state index is 12.2. The number of amides is 1. The van der Waals surface area contributed by atoms with Crippen molar-refractivity contribution in [3.63, 3.8) is 0 Å². The molecule has 17 heavy (non-hydrogen) atoms. The number of aliphatic hydroxyl groups excluding tert-OH is 1. The maximum Gasteiger partial charge on any atom is 0.278 e. The zero-order valence-electron chi connectivity index (χ0n) is 9.61. The van der Waals surface area contributed by atoms with Gasteiger partial charge in [0.25, 0.3) is 5.91 Å². The van der Waals surface area contributed by atoms with Gasteiger partial charge in [-0.15, -0.1) is 0 Å². The van der Waals surface area contributed by atoms with Crippen LogP contribution in [0, 0.1) is 0 Å². The Morgan fingerprint density at radius 3 is 2.71 bits per heavy atom. The highest BCUT2D eigenvalue weighted by molar-refractivity contribution is 5.93. The second-order valence-electron chi connectivity index (χ2n) is 3.94. The molecular weight excluding hydrogens is 218 g/mol. The quantitative estimate of drug-likeness (QED) is 0.785. The summed E-state index contributed by atoms with van der Waals surface area (Å²) in [6.07, 6.45) is 3.45. The molecule has 1 N–H and O–H groups in total. The first-order chi connectivity index (χ1) is 8.22. The molecule has 2 rings (SSSR count). The largest absolute Gasteiger partial charge is 0.394 e. The maximum absolute atomic E-state index is 12.2. The summed E-state index contributed by atoms with van der Waals surface area (Å²) >= 11 is 0. The highest BCUT2D eigenvalue weighted by Gasteiger charge is 2.27. The first-order valence-electron chi connectivity index (χ1n) is 5.57. The molecule has 0 fully saturated rings. The minimum absolute atomic E-state index is 0.151. The Labute approximate surface area is 100 Å². The van der Waals surface area contributed by atoms with Gasteiger partial charge in [-0.25, -0.2) is 5.06 Å². The van der Waals surface area contributed by atoms with E-state index in [0.29, 0.717) is 5.56 Å². The van der Waals surface area contributed by atoms with Crippen molar-refractivity contribution in [2.75, 3.05) is 6.61 Å². The van der Waals surface area contributed by atoms with Crippen LogP contribution in [-0.4, -0.2) is 34.8 Å². The summed E-state index contributed by atoms with van der Waals surface area (Å²) in [7, 11) is 0. The van der Waals surface area contributed by atoms with Gasteiger partial charge in [-0.2, -0.15) is 0 Å². The average Bonchev–Trinajstić information content (AvgIpc) is 2.39. The van der Waals surface area contributed by atoms with Gasteiger partial charge in [0.15, 0.2) is 0 Å². The Bertz CT molecular complexity index is 416. The summed E-state index contributed by atoms with van der Waals surface area (Å²) in [5, 5.41) is 10.5. The molecule has 4 nitrogen and oxygen atoms in total. The van der Waals surface area contributed by atoms with E-state index in [2.05, 4.69) is 0 Å². The van der Waals surface area contributed by atoms with Crippen molar-refractivity contribution in [3.8, 4) is 0 Å². The molecule has 4 heteroatoms. The molecule has 0 bridgehead atoms. The Morgan fingerprint density at radius 1 is 1.35 bits per heavy atom. The Kier molecular flexibility index (Phi) is 3.56. The lowest BCUT2D eigenvalue weighted by Gasteiger charge is -2.32. The second kappa shape index (κ2) is 5.12. The van der Waals surface area contributed by atoms with Crippen molar-refractivity contribution in [2.45, 2.75) is 19.1 Å². The normalized spacial score (nSPS) is 23.8. The van der Waals surface area contributed by atoms with Crippen LogP contribution in [0.2, 0.25) is 0 Å². The third kappa shape index (κ3) is 2.54. The standard InChI is InChI=1S/C13H15NO3/c1-10-7-8-12(9-15)14(17-10)13(16)11-5-3-2-4-6-11/h2-8,10,12,15H,9H2,1H3/t10-,12-/m1/s1. The number of hydroxylamine groups is 2. The van der Waals surface area contributed by atoms with Crippen molar-refractivity contribution in [1.29, 1.82) is 0 Å². The molecule has 0 radical (unpaired) electrons. The lowest BCUT2D eigenvalue weighted by molar-refractivity contribution is -0.172. The first kappa shape index (κ1) is 11.8. The zero-order valence-corrected chi connectivity index (χ0v) is 9.61. The Hall–Kier alpha value is -1.65. The molecule has 0 saturated heterocycles. The smallest absolute Gasteiger partial charge is 0.278 e. The van der Waals surface area contributed by atoms with Gasteiger partial charge >= 0.3 is 0 Å². The van der Waals surface area contributed by atoms with Crippen LogP contribution < -0.4 is 0 Å². The fraction of sp³-hybridized carbons (Fsp3) is 0.308. The number of aliphatic hydroxyl groups is 1. The predicted octanol–water partition coefficient (Wildman–Crippen LogP) is 1.38. The average molecular weight is 233 g/mol. The molecular formula is C13H15NO3. The predicted molar refractivity (Wildman–Crippen MR) is 63.2 cm³/mol. The van der Waals surface area contributed by atoms with Crippen LogP contribution >= 0.6 is 0 Å². The van der Waals surface area contributed by atoms with Crippen LogP contribution in [0.25, 0.3) is 0 Å². The molecule has 0 saturated carbocycles. The minimum Gasteiger partial charge on any atom is -0.394 e. The zero-order chi connectivity index (χ0) is 12.3. The molecule has 1 aliphatic rings. The molecule has 1 amide bonds. The number of hydrogen-bond acceptors (Lipinski definition) is 3. The van der Waals surface area contributed by atoms with Crippen molar-refractivity contribution in [1.82, 2.24) is 5.06 Å². The van der Waals surface area contributed by atoms with Gasteiger partial charge in [0, 0.05) is 5.56 Å². The summed E-state index contributed by atoms with van der Waals surface area (Å²) in [6.45, 7) is 1.69. The van der Waals surface area contributed by atoms with Crippen LogP contribution in [-0.2, 0) is 4.84 Å². The number of carbonyl (C=O) groups is 1. The van der Waals surface area contributed by atoms with E-state index in [1.165, 1.54) is 5.06 Å². The highest BCUT2D eigenvalue weighted by Crippen LogP contribution is 2.16. The van der Waals surface area contributed by atoms with E-state index in [9.17, 15) is 9.90 Å². The van der Waals surface area contributed by atoms with Crippen molar-refractivity contribution in [2.24, 2.45) is 0 Å². The second-order valence-corrected chi connectivity index (χ2v) is 3.94. The minimum atomic E-state index is -0.418. The molecule has 1 aliphatic heterocycles. The number of hydrogen-bond donors (Lipinski definition) is 1. The molecule has 0 spiro atoms. The summed E-state index contributed by atoms with van der Waals surface area (Å²) in [4.78, 5) is 17.6. The summed E-state index contributed by atoms with van der Waals surface area (Å²) in [5.41, 5.74) is 0.549. The van der Waals surface area contributed by atoms with Crippen LogP contribution in [0.3, 0.4) is 0 Å². The van der Waals surface area contributed by atoms with E-state index in [4.69, 9.17) is 4.84 Å². The van der Waals surface area contributed by atoms with Crippen molar-refractivity contribution in [3.05, 3.63) is 48.0 Å². The van der Waals surface area contributed by atoms with Gasteiger partial charge in [-0.1, -0.05) is 30.4 Å². The van der Waals surface area contributed by atoms with Gasteiger partial charge < -0.3 is 5.11 Å². The number of benzene rings is 1. The highest BCUT2D eigenvalue weighted by atomic mass is 16.7. The van der Waals surface area contributed by atoms with Crippen LogP contribution in [0.4, 0.5) is 0 Å². The van der Waals surface area contributed by atoms with Gasteiger partial charge in [-0.05, 0) is 19.1 Å². The summed E-state index contributed by atoms with van der Waals surface area (Å²) in [6, 6.07) is 8.47. The topological polar surface area (TPSA) is 49.8 Å². The summed E-state index contributed by atoms with van der Waals surface area (Å²) < 4.78 is 0. The van der Waals surface area contributed by atoms with E-state index < -0.39 is 6.04 Å². The third-order valence-corrected chi connectivity index (χ3v) is 2.59. The Morgan fingerprint density at radius 2 is 2.06 bits per heavy atom. The lowest BCUT2D eigenvalue weighted by Crippen LogP contribution is -2.45. The fourth-order valence-corrected chi connectivity index (χ4v) is 1.70. The van der Waals surface area contributed by atoms with Gasteiger partial charge in [-0.3, -0.25) is 9.63 Å². The molecule has 90 valence electrons. The molecule has 0 unspecified atom stereocenters. The fourth-order valence-electron chi connectivity index (χ4n) is 1.70. The van der Waals surface area contributed by atoms with Gasteiger partial charge in [0.05, 0.1) is 6.61 Å². The SMILES string of the molecule is C[C@@H]1C=C[C@H](CO)N(C(=O)c2ccccc2)O1. The van der Waals surface area contributed by atoms with Crippen LogP contribution in [0.5, 0.6) is 0 Å². The number of carbonyl (C=O) groups excluding carboxylic acids is 1. The number of nitrogens with zero attached hydrogens (tertiary/aromatic N) is 1. The number of rotatable bonds is 2. The van der Waals surface area contributed by atoms with E-state index in [0.717, 1.165) is 0 Å². The molecule has 1 aromatic carbocycles. The van der Waals surface area contributed by atoms with E-state index in [1.54, 1.807) is 30.3 Å². The summed E-state index contributed by atoms with van der Waals surface area (Å²) in [5.74, 6) is -0.235. The molecule has 1 heterocycles. The molecule has 0 aliphatic carbocycles. The van der Waals surface area contributed by atoms with E-state index in [1.807, 2.05) is 19.1 Å². The van der Waals surface area contributed by atoms with Gasteiger partial charge in [0.1, 0.15) is 12.1 Å². The first-order valence-corrected chi connectivity index (χ1v) is 5.57. The van der Waals surface area contributed by atoms with Crippen molar-refractivity contribution >= 4 is 5.91 Å². The third-order valence-electron chi connectivity index (χ3n) is 2.59. The molecule has 1 aromatic rings. The lowest BCUT2D eigenvalue weighted by atomic mass is 10.1.